The van der Waals surface area contributed by atoms with E-state index in [1.807, 2.05) is 6.92 Å². The fourth-order valence-electron chi connectivity index (χ4n) is 3.15. The van der Waals surface area contributed by atoms with Gasteiger partial charge in [-0.15, -0.1) is 0 Å². The van der Waals surface area contributed by atoms with Crippen molar-refractivity contribution in [2.75, 3.05) is 39.9 Å². The lowest BCUT2D eigenvalue weighted by atomic mass is 9.88. The molecule has 0 bridgehead atoms. The molecule has 0 aromatic carbocycles. The number of amides is 2. The maximum Gasteiger partial charge on any atom is 0.291 e. The van der Waals surface area contributed by atoms with Gasteiger partial charge < -0.3 is 14.5 Å². The van der Waals surface area contributed by atoms with Crippen LogP contribution in [0.4, 0.5) is 0 Å². The van der Waals surface area contributed by atoms with Crippen molar-refractivity contribution in [2.24, 2.45) is 5.41 Å². The second-order valence-corrected chi connectivity index (χ2v) is 6.24. The number of nitrogens with zero attached hydrogens (tertiary/aromatic N) is 4. The maximum atomic E-state index is 12.5. The minimum Gasteiger partial charge on any atom is -0.371 e. The number of aromatic nitrogens is 2. The number of carbonyl (C=O) groups excluding carboxylic acids is 2. The van der Waals surface area contributed by atoms with E-state index in [2.05, 4.69) is 9.97 Å². The van der Waals surface area contributed by atoms with Gasteiger partial charge in [-0.05, 0) is 19.4 Å². The monoisotopic (exact) mass is 304 g/mol. The Kier molecular flexibility index (Phi) is 3.82. The van der Waals surface area contributed by atoms with Gasteiger partial charge in [-0.2, -0.15) is 0 Å². The van der Waals surface area contributed by atoms with Crippen LogP contribution in [0, 0.1) is 12.3 Å². The second-order valence-electron chi connectivity index (χ2n) is 6.24. The van der Waals surface area contributed by atoms with Crippen LogP contribution in [0.5, 0.6) is 0 Å². The normalized spacial score (nSPS) is 25.6. The van der Waals surface area contributed by atoms with Crippen molar-refractivity contribution in [1.82, 2.24) is 19.8 Å². The Morgan fingerprint density at radius 1 is 1.41 bits per heavy atom. The molecular formula is C15H20N4O3. The first-order valence-corrected chi connectivity index (χ1v) is 7.40. The molecule has 118 valence electrons. The lowest BCUT2D eigenvalue weighted by Gasteiger charge is -2.29. The van der Waals surface area contributed by atoms with Crippen molar-refractivity contribution >= 4 is 11.8 Å². The Morgan fingerprint density at radius 2 is 2.23 bits per heavy atom. The Morgan fingerprint density at radius 3 is 3.00 bits per heavy atom. The van der Waals surface area contributed by atoms with Crippen LogP contribution in [0.1, 0.15) is 22.7 Å². The molecule has 7 heteroatoms. The molecule has 2 aliphatic rings. The maximum absolute atomic E-state index is 12.5. The zero-order valence-corrected chi connectivity index (χ0v) is 12.9. The van der Waals surface area contributed by atoms with Crippen LogP contribution in [0.15, 0.2) is 12.3 Å². The highest BCUT2D eigenvalue weighted by Gasteiger charge is 2.43. The summed E-state index contributed by atoms with van der Waals surface area (Å²) in [7, 11) is 1.78. The van der Waals surface area contributed by atoms with Gasteiger partial charge in [0.1, 0.15) is 6.61 Å². The number of hydrogen-bond acceptors (Lipinski definition) is 5. The van der Waals surface area contributed by atoms with Gasteiger partial charge in [0.2, 0.25) is 11.7 Å². The van der Waals surface area contributed by atoms with Gasteiger partial charge in [-0.3, -0.25) is 9.59 Å². The molecule has 3 rings (SSSR count). The number of rotatable bonds is 1. The van der Waals surface area contributed by atoms with Crippen LogP contribution < -0.4 is 0 Å². The third kappa shape index (κ3) is 2.81. The standard InChI is InChI=1S/C15H20N4O3/c1-11-3-5-16-13(17-11)14(21)19-6-4-15(9-19)8-18(2)12(20)7-22-10-15/h3,5H,4,6-10H2,1-2H3. The molecule has 2 aliphatic heterocycles. The molecule has 1 atom stereocenters. The topological polar surface area (TPSA) is 75.6 Å². The van der Waals surface area contributed by atoms with Gasteiger partial charge in [-0.1, -0.05) is 0 Å². The third-order valence-corrected chi connectivity index (χ3v) is 4.34. The van der Waals surface area contributed by atoms with Crippen molar-refractivity contribution in [3.05, 3.63) is 23.8 Å². The Labute approximate surface area is 129 Å². The Bertz CT molecular complexity index is 606. The second kappa shape index (κ2) is 5.64. The largest absolute Gasteiger partial charge is 0.371 e. The highest BCUT2D eigenvalue weighted by Crippen LogP contribution is 2.33. The van der Waals surface area contributed by atoms with Gasteiger partial charge >= 0.3 is 0 Å². The Balaban J connectivity index is 1.74. The summed E-state index contributed by atoms with van der Waals surface area (Å²) in [6.07, 6.45) is 2.42. The molecular weight excluding hydrogens is 284 g/mol. The van der Waals surface area contributed by atoms with E-state index in [0.717, 1.165) is 12.1 Å². The molecule has 0 radical (unpaired) electrons. The minimum atomic E-state index is -0.180. The molecule has 3 heterocycles. The van der Waals surface area contributed by atoms with E-state index in [0.29, 0.717) is 26.2 Å². The summed E-state index contributed by atoms with van der Waals surface area (Å²) in [5, 5.41) is 0. The molecule has 0 aliphatic carbocycles. The zero-order chi connectivity index (χ0) is 15.7. The summed E-state index contributed by atoms with van der Waals surface area (Å²) < 4.78 is 5.51. The van der Waals surface area contributed by atoms with Gasteiger partial charge in [0, 0.05) is 44.0 Å². The predicted molar refractivity (Wildman–Crippen MR) is 78.2 cm³/mol. The van der Waals surface area contributed by atoms with Crippen LogP contribution in [0.25, 0.3) is 0 Å². The van der Waals surface area contributed by atoms with E-state index in [4.69, 9.17) is 4.74 Å². The van der Waals surface area contributed by atoms with Crippen LogP contribution in [-0.2, 0) is 9.53 Å². The van der Waals surface area contributed by atoms with E-state index in [9.17, 15) is 9.59 Å². The van der Waals surface area contributed by atoms with E-state index < -0.39 is 0 Å². The number of likely N-dealkylation sites (N-methyl/N-ethyl adjacent to an activating group) is 1. The predicted octanol–water partition coefficient (Wildman–Crippen LogP) is 0.106. The van der Waals surface area contributed by atoms with Crippen LogP contribution in [0.2, 0.25) is 0 Å². The average molecular weight is 304 g/mol. The first-order valence-electron chi connectivity index (χ1n) is 7.40. The highest BCUT2D eigenvalue weighted by atomic mass is 16.5. The molecule has 1 unspecified atom stereocenters. The Hall–Kier alpha value is -2.02. The van der Waals surface area contributed by atoms with E-state index in [1.54, 1.807) is 29.1 Å². The molecule has 22 heavy (non-hydrogen) atoms. The number of carbonyl (C=O) groups is 2. The molecule has 1 aromatic rings. The molecule has 2 fully saturated rings. The first kappa shape index (κ1) is 14.9. The number of hydrogen-bond donors (Lipinski definition) is 0. The number of likely N-dealkylation sites (tertiary alicyclic amines) is 1. The average Bonchev–Trinajstić information content (AvgIpc) is 2.84. The van der Waals surface area contributed by atoms with Gasteiger partial charge in [0.05, 0.1) is 6.61 Å². The third-order valence-electron chi connectivity index (χ3n) is 4.34. The van der Waals surface area contributed by atoms with E-state index in [1.165, 1.54) is 0 Å². The molecule has 2 saturated heterocycles. The SMILES string of the molecule is Cc1ccnc(C(=O)N2CCC3(COCC(=O)N(C)C3)C2)n1. The van der Waals surface area contributed by atoms with Crippen molar-refractivity contribution in [1.29, 1.82) is 0 Å². The minimum absolute atomic E-state index is 0.0105. The summed E-state index contributed by atoms with van der Waals surface area (Å²) >= 11 is 0. The smallest absolute Gasteiger partial charge is 0.291 e. The summed E-state index contributed by atoms with van der Waals surface area (Å²) in [5.41, 5.74) is 0.593. The van der Waals surface area contributed by atoms with Crippen LogP contribution in [-0.4, -0.2) is 71.5 Å². The number of ether oxygens (including phenoxy) is 1. The molecule has 0 saturated carbocycles. The van der Waals surface area contributed by atoms with E-state index in [-0.39, 0.29) is 29.7 Å². The summed E-state index contributed by atoms with van der Waals surface area (Å²) in [4.78, 5) is 36.0. The van der Waals surface area contributed by atoms with Crippen molar-refractivity contribution < 1.29 is 14.3 Å². The molecule has 2 amide bonds. The molecule has 1 spiro atoms. The summed E-state index contributed by atoms with van der Waals surface area (Å²) in [6, 6.07) is 1.77. The number of aryl methyl sites for hydroxylation is 1. The summed E-state index contributed by atoms with van der Waals surface area (Å²) in [6.45, 7) is 4.28. The van der Waals surface area contributed by atoms with E-state index >= 15 is 0 Å². The van der Waals surface area contributed by atoms with Crippen molar-refractivity contribution in [2.45, 2.75) is 13.3 Å². The van der Waals surface area contributed by atoms with Crippen molar-refractivity contribution in [3.8, 4) is 0 Å². The quantitative estimate of drug-likeness (QED) is 0.736. The fourth-order valence-corrected chi connectivity index (χ4v) is 3.15. The van der Waals surface area contributed by atoms with Crippen LogP contribution >= 0.6 is 0 Å². The lowest BCUT2D eigenvalue weighted by molar-refractivity contribution is -0.132. The van der Waals surface area contributed by atoms with Gasteiger partial charge in [0.25, 0.3) is 5.91 Å². The highest BCUT2D eigenvalue weighted by molar-refractivity contribution is 5.90. The van der Waals surface area contributed by atoms with Gasteiger partial charge in [0.15, 0.2) is 0 Å². The fraction of sp³-hybridized carbons (Fsp3) is 0.600. The summed E-state index contributed by atoms with van der Waals surface area (Å²) in [5.74, 6) is 0.0680. The molecule has 0 N–H and O–H groups in total. The zero-order valence-electron chi connectivity index (χ0n) is 12.9. The van der Waals surface area contributed by atoms with Crippen LogP contribution in [0.3, 0.4) is 0 Å². The molecule has 1 aromatic heterocycles. The molecule has 7 nitrogen and oxygen atoms in total. The first-order chi connectivity index (χ1) is 10.5. The lowest BCUT2D eigenvalue weighted by Crippen LogP contribution is -2.41. The van der Waals surface area contributed by atoms with Gasteiger partial charge in [-0.25, -0.2) is 9.97 Å². The van der Waals surface area contributed by atoms with Crippen molar-refractivity contribution in [3.63, 3.8) is 0 Å².